The topological polar surface area (TPSA) is 33.2 Å². The number of Topliss-reactive ketones (excluding diaryl/α,β-unsaturated/α-hetero) is 1. The first-order valence-corrected chi connectivity index (χ1v) is 8.67. The largest absolute Gasteiger partial charge is 0.366 e. The molecule has 4 rings (SSSR count). The maximum absolute atomic E-state index is 12.1. The number of fused-ring (bicyclic) bond motifs is 2. The highest BCUT2D eigenvalue weighted by Crippen LogP contribution is 2.35. The zero-order valence-corrected chi connectivity index (χ0v) is 14.1. The van der Waals surface area contributed by atoms with Crippen molar-refractivity contribution in [1.29, 1.82) is 0 Å². The Hall–Kier alpha value is -2.42. The zero-order valence-electron chi connectivity index (χ0n) is 14.1. The van der Waals surface area contributed by atoms with Crippen molar-refractivity contribution in [3.8, 4) is 0 Å². The fraction of sp³-hybridized carbons (Fsp3) is 0.333. The van der Waals surface area contributed by atoms with Crippen molar-refractivity contribution in [3.63, 3.8) is 0 Å². The lowest BCUT2D eigenvalue weighted by molar-refractivity contribution is -0.117. The summed E-state index contributed by atoms with van der Waals surface area (Å²) in [5, 5.41) is 0. The molecular weight excluding hydrogens is 296 g/mol. The molecule has 0 spiro atoms. The van der Waals surface area contributed by atoms with E-state index in [4.69, 9.17) is 4.98 Å². The molecule has 0 N–H and O–H groups in total. The van der Waals surface area contributed by atoms with Gasteiger partial charge in [-0.25, -0.2) is 0 Å². The van der Waals surface area contributed by atoms with E-state index in [1.54, 1.807) is 0 Å². The van der Waals surface area contributed by atoms with Gasteiger partial charge in [-0.1, -0.05) is 42.5 Å². The molecule has 3 nitrogen and oxygen atoms in total. The number of hydrogen-bond acceptors (Lipinski definition) is 3. The third kappa shape index (κ3) is 2.75. The standard InChI is InChI=1S/C21H22N2O/c1-23-14-16(24)11-12-20-21(23)18(13-15-7-3-2-4-8-15)17-9-5-6-10-19(17)22-20/h2-8H,9-14H2,1H3. The van der Waals surface area contributed by atoms with Gasteiger partial charge in [-0.3, -0.25) is 9.78 Å². The van der Waals surface area contributed by atoms with E-state index in [0.29, 0.717) is 18.7 Å². The molecule has 1 aliphatic carbocycles. The Kier molecular flexibility index (Phi) is 3.93. The second-order valence-electron chi connectivity index (χ2n) is 6.75. The molecule has 0 atom stereocenters. The van der Waals surface area contributed by atoms with Crippen LogP contribution in [0.4, 0.5) is 5.69 Å². The van der Waals surface area contributed by atoms with Gasteiger partial charge < -0.3 is 4.90 Å². The number of carbonyl (C=O) groups is 1. The van der Waals surface area contributed by atoms with E-state index in [1.807, 2.05) is 7.05 Å². The predicted octanol–water partition coefficient (Wildman–Crippen LogP) is 3.28. The fourth-order valence-corrected chi connectivity index (χ4v) is 3.88. The highest BCUT2D eigenvalue weighted by Gasteiger charge is 2.26. The first-order valence-electron chi connectivity index (χ1n) is 8.67. The number of hydrogen-bond donors (Lipinski definition) is 0. The Morgan fingerprint density at radius 1 is 1.04 bits per heavy atom. The molecule has 0 amide bonds. The number of likely N-dealkylation sites (N-methyl/N-ethyl adjacent to an activating group) is 1. The Bertz CT molecular complexity index is 808. The van der Waals surface area contributed by atoms with E-state index in [9.17, 15) is 4.79 Å². The number of carbonyl (C=O) groups excluding carboxylic acids is 1. The quantitative estimate of drug-likeness (QED) is 0.797. The van der Waals surface area contributed by atoms with E-state index < -0.39 is 0 Å². The molecule has 2 aromatic rings. The van der Waals surface area contributed by atoms with E-state index in [2.05, 4.69) is 47.4 Å². The monoisotopic (exact) mass is 318 g/mol. The van der Waals surface area contributed by atoms with Gasteiger partial charge in [0.2, 0.25) is 0 Å². The minimum Gasteiger partial charge on any atom is -0.366 e. The summed E-state index contributed by atoms with van der Waals surface area (Å²) in [6, 6.07) is 10.6. The van der Waals surface area contributed by atoms with Crippen LogP contribution in [0.15, 0.2) is 42.5 Å². The summed E-state index contributed by atoms with van der Waals surface area (Å²) in [4.78, 5) is 19.1. The molecule has 0 bridgehead atoms. The third-order valence-corrected chi connectivity index (χ3v) is 5.00. The van der Waals surface area contributed by atoms with E-state index >= 15 is 0 Å². The van der Waals surface area contributed by atoms with Gasteiger partial charge in [0.1, 0.15) is 0 Å². The molecule has 0 radical (unpaired) electrons. The van der Waals surface area contributed by atoms with Crippen molar-refractivity contribution in [1.82, 2.24) is 4.98 Å². The molecule has 2 heterocycles. The number of aryl methyl sites for hydroxylation is 1. The first kappa shape index (κ1) is 15.1. The maximum Gasteiger partial charge on any atom is 0.152 e. The second kappa shape index (κ2) is 6.23. The normalized spacial score (nSPS) is 16.5. The van der Waals surface area contributed by atoms with E-state index in [-0.39, 0.29) is 0 Å². The summed E-state index contributed by atoms with van der Waals surface area (Å²) in [6.07, 6.45) is 8.56. The van der Waals surface area contributed by atoms with Crippen LogP contribution in [-0.2, 0) is 30.5 Å². The second-order valence-corrected chi connectivity index (χ2v) is 6.75. The van der Waals surface area contributed by atoms with Crippen LogP contribution >= 0.6 is 0 Å². The average Bonchev–Trinajstić information content (AvgIpc) is 2.74. The SMILES string of the molecule is CN1CC(=O)CCc2nc3c(c(Cc4ccccc4)c21)CC=CC3. The molecule has 1 aromatic heterocycles. The number of benzene rings is 1. The van der Waals surface area contributed by atoms with Crippen molar-refractivity contribution in [2.75, 3.05) is 18.5 Å². The van der Waals surface area contributed by atoms with Crippen LogP contribution in [-0.4, -0.2) is 24.4 Å². The van der Waals surface area contributed by atoms with Gasteiger partial charge >= 0.3 is 0 Å². The van der Waals surface area contributed by atoms with Gasteiger partial charge in [-0.15, -0.1) is 0 Å². The maximum atomic E-state index is 12.1. The van der Waals surface area contributed by atoms with Gasteiger partial charge in [0.15, 0.2) is 5.78 Å². The molecule has 0 fully saturated rings. The molecule has 0 saturated heterocycles. The average molecular weight is 318 g/mol. The molecule has 122 valence electrons. The zero-order chi connectivity index (χ0) is 16.5. The molecule has 1 aromatic carbocycles. The van der Waals surface area contributed by atoms with Crippen molar-refractivity contribution in [2.45, 2.75) is 32.1 Å². The van der Waals surface area contributed by atoms with Gasteiger partial charge in [0, 0.05) is 25.6 Å². The highest BCUT2D eigenvalue weighted by molar-refractivity contribution is 5.86. The lowest BCUT2D eigenvalue weighted by Crippen LogP contribution is -2.26. The van der Waals surface area contributed by atoms with Crippen molar-refractivity contribution in [2.24, 2.45) is 0 Å². The number of anilines is 1. The molecule has 1 aliphatic heterocycles. The fourth-order valence-electron chi connectivity index (χ4n) is 3.88. The van der Waals surface area contributed by atoms with Crippen LogP contribution in [0.3, 0.4) is 0 Å². The van der Waals surface area contributed by atoms with E-state index in [0.717, 1.165) is 31.4 Å². The molecular formula is C21H22N2O. The van der Waals surface area contributed by atoms with Crippen LogP contribution in [0.5, 0.6) is 0 Å². The number of rotatable bonds is 2. The summed E-state index contributed by atoms with van der Waals surface area (Å²) in [7, 11) is 2.03. The van der Waals surface area contributed by atoms with Crippen molar-refractivity contribution < 1.29 is 4.79 Å². The van der Waals surface area contributed by atoms with Gasteiger partial charge in [0.25, 0.3) is 0 Å². The molecule has 3 heteroatoms. The van der Waals surface area contributed by atoms with Crippen LogP contribution in [0.25, 0.3) is 0 Å². The summed E-state index contributed by atoms with van der Waals surface area (Å²) in [6.45, 7) is 0.491. The van der Waals surface area contributed by atoms with Crippen molar-refractivity contribution in [3.05, 3.63) is 70.6 Å². The molecule has 24 heavy (non-hydrogen) atoms. The predicted molar refractivity (Wildman–Crippen MR) is 96.6 cm³/mol. The molecule has 0 saturated carbocycles. The van der Waals surface area contributed by atoms with Crippen LogP contribution in [0, 0.1) is 0 Å². The summed E-state index contributed by atoms with van der Waals surface area (Å²) in [5.41, 5.74) is 7.53. The minimum atomic E-state index is 0.303. The Balaban J connectivity index is 1.88. The number of ketones is 1. The smallest absolute Gasteiger partial charge is 0.152 e. The Morgan fingerprint density at radius 2 is 1.83 bits per heavy atom. The number of aromatic nitrogens is 1. The van der Waals surface area contributed by atoms with Crippen LogP contribution in [0.1, 0.15) is 34.5 Å². The summed E-state index contributed by atoms with van der Waals surface area (Å²) < 4.78 is 0. The highest BCUT2D eigenvalue weighted by atomic mass is 16.1. The van der Waals surface area contributed by atoms with E-state index in [1.165, 1.54) is 28.1 Å². The van der Waals surface area contributed by atoms with Crippen LogP contribution in [0.2, 0.25) is 0 Å². The first-order chi connectivity index (χ1) is 11.7. The van der Waals surface area contributed by atoms with Gasteiger partial charge in [0.05, 0.1) is 17.9 Å². The Labute approximate surface area is 143 Å². The third-order valence-electron chi connectivity index (χ3n) is 5.00. The van der Waals surface area contributed by atoms with Crippen molar-refractivity contribution >= 4 is 11.5 Å². The van der Waals surface area contributed by atoms with Gasteiger partial charge in [-0.2, -0.15) is 0 Å². The number of nitrogens with zero attached hydrogens (tertiary/aromatic N) is 2. The summed E-state index contributed by atoms with van der Waals surface area (Å²) >= 11 is 0. The molecule has 2 aliphatic rings. The number of pyridine rings is 1. The lowest BCUT2D eigenvalue weighted by atomic mass is 9.90. The van der Waals surface area contributed by atoms with Crippen LogP contribution < -0.4 is 4.90 Å². The lowest BCUT2D eigenvalue weighted by Gasteiger charge is -2.27. The Morgan fingerprint density at radius 3 is 2.67 bits per heavy atom. The molecule has 0 unspecified atom stereocenters. The summed E-state index contributed by atoms with van der Waals surface area (Å²) in [5.74, 6) is 0.303. The van der Waals surface area contributed by atoms with Gasteiger partial charge in [-0.05, 0) is 36.0 Å². The minimum absolute atomic E-state index is 0.303. The number of allylic oxidation sites excluding steroid dienone is 2.